The molecule has 1 aromatic rings. The van der Waals surface area contributed by atoms with Gasteiger partial charge in [-0.25, -0.2) is 0 Å². The number of rotatable bonds is 11. The molecule has 0 saturated carbocycles. The van der Waals surface area contributed by atoms with E-state index in [4.69, 9.17) is 14.2 Å². The van der Waals surface area contributed by atoms with Crippen molar-refractivity contribution in [2.75, 3.05) is 40.5 Å². The molecule has 0 radical (unpaired) electrons. The molecule has 162 valence electrons. The third-order valence-corrected chi connectivity index (χ3v) is 5.41. The van der Waals surface area contributed by atoms with Gasteiger partial charge in [0.2, 0.25) is 0 Å². The molecule has 1 atom stereocenters. The molecule has 0 spiro atoms. The fourth-order valence-electron chi connectivity index (χ4n) is 3.53. The van der Waals surface area contributed by atoms with Crippen molar-refractivity contribution in [2.45, 2.75) is 51.7 Å². The van der Waals surface area contributed by atoms with Crippen molar-refractivity contribution < 1.29 is 19.0 Å². The predicted octanol–water partition coefficient (Wildman–Crippen LogP) is 3.66. The third-order valence-electron chi connectivity index (χ3n) is 5.41. The molecule has 1 amide bonds. The number of piperidine rings is 1. The zero-order chi connectivity index (χ0) is 21.2. The Morgan fingerprint density at radius 3 is 2.66 bits per heavy atom. The number of likely N-dealkylation sites (tertiary alicyclic amines) is 1. The van der Waals surface area contributed by atoms with Crippen LogP contribution in [0.15, 0.2) is 30.4 Å². The van der Waals surface area contributed by atoms with Crippen LogP contribution >= 0.6 is 0 Å². The first-order chi connectivity index (χ1) is 13.9. The Morgan fingerprint density at radius 1 is 1.31 bits per heavy atom. The number of nitrogens with zero attached hydrogens (tertiary/aromatic N) is 1. The van der Waals surface area contributed by atoms with Gasteiger partial charge in [-0.3, -0.25) is 4.79 Å². The minimum atomic E-state index is -0.162. The molecule has 1 fully saturated rings. The number of nitrogens with one attached hydrogen (secondary N) is 1. The number of hydrogen-bond donors (Lipinski definition) is 1. The van der Waals surface area contributed by atoms with E-state index in [1.54, 1.807) is 32.4 Å². The number of allylic oxidation sites excluding steroid dienone is 1. The van der Waals surface area contributed by atoms with Crippen molar-refractivity contribution in [2.24, 2.45) is 0 Å². The number of amides is 1. The minimum absolute atomic E-state index is 0.0946. The van der Waals surface area contributed by atoms with E-state index in [9.17, 15) is 4.79 Å². The zero-order valence-electron chi connectivity index (χ0n) is 18.3. The van der Waals surface area contributed by atoms with Crippen LogP contribution in [0, 0.1) is 0 Å². The van der Waals surface area contributed by atoms with Gasteiger partial charge in [0.05, 0.1) is 19.3 Å². The maximum Gasteiger partial charge on any atom is 0.255 e. The molecule has 2 rings (SSSR count). The van der Waals surface area contributed by atoms with E-state index in [1.165, 1.54) is 5.57 Å². The highest BCUT2D eigenvalue weighted by Gasteiger charge is 2.25. The lowest BCUT2D eigenvalue weighted by atomic mass is 10.0. The molecule has 0 aliphatic carbocycles. The Hall–Kier alpha value is -2.05. The standard InChI is InChI=1S/C23H36N2O4/c1-17(2)6-7-18(3)25-13-10-19(11-14-25)29-22-16-20(28-5)8-9-21(22)23(26)24-12-15-27-4/h8-9,16,18-19H,1,6-7,10-15H2,2-5H3,(H,24,26). The monoisotopic (exact) mass is 404 g/mol. The van der Waals surface area contributed by atoms with Crippen molar-refractivity contribution >= 4 is 5.91 Å². The number of carbonyl (C=O) groups is 1. The van der Waals surface area contributed by atoms with E-state index in [2.05, 4.69) is 30.6 Å². The van der Waals surface area contributed by atoms with Crippen LogP contribution in [0.4, 0.5) is 0 Å². The van der Waals surface area contributed by atoms with Gasteiger partial charge in [-0.15, -0.1) is 6.58 Å². The van der Waals surface area contributed by atoms with Gasteiger partial charge in [-0.05, 0) is 51.7 Å². The molecule has 1 N–H and O–H groups in total. The Kier molecular flexibility index (Phi) is 9.48. The molecule has 0 bridgehead atoms. The third kappa shape index (κ3) is 7.37. The molecule has 0 aromatic heterocycles. The van der Waals surface area contributed by atoms with Gasteiger partial charge in [0, 0.05) is 38.9 Å². The summed E-state index contributed by atoms with van der Waals surface area (Å²) in [5.74, 6) is 1.10. The van der Waals surface area contributed by atoms with Crippen molar-refractivity contribution in [3.05, 3.63) is 35.9 Å². The van der Waals surface area contributed by atoms with Crippen LogP contribution in [0.2, 0.25) is 0 Å². The number of carbonyl (C=O) groups excluding carboxylic acids is 1. The van der Waals surface area contributed by atoms with Gasteiger partial charge in [0.1, 0.15) is 17.6 Å². The van der Waals surface area contributed by atoms with Crippen molar-refractivity contribution in [3.8, 4) is 11.5 Å². The summed E-state index contributed by atoms with van der Waals surface area (Å²) < 4.78 is 16.6. The van der Waals surface area contributed by atoms with E-state index < -0.39 is 0 Å². The quantitative estimate of drug-likeness (QED) is 0.451. The second-order valence-electron chi connectivity index (χ2n) is 7.81. The molecule has 1 heterocycles. The van der Waals surface area contributed by atoms with E-state index in [-0.39, 0.29) is 12.0 Å². The van der Waals surface area contributed by atoms with Crippen LogP contribution < -0.4 is 14.8 Å². The summed E-state index contributed by atoms with van der Waals surface area (Å²) in [6.45, 7) is 11.3. The highest BCUT2D eigenvalue weighted by molar-refractivity contribution is 5.97. The topological polar surface area (TPSA) is 60.0 Å². The van der Waals surface area contributed by atoms with E-state index >= 15 is 0 Å². The highest BCUT2D eigenvalue weighted by Crippen LogP contribution is 2.28. The smallest absolute Gasteiger partial charge is 0.255 e. The van der Waals surface area contributed by atoms with E-state index in [0.29, 0.717) is 36.3 Å². The molecule has 1 aliphatic heterocycles. The molecule has 1 aromatic carbocycles. The summed E-state index contributed by atoms with van der Waals surface area (Å²) >= 11 is 0. The normalized spacial score (nSPS) is 16.3. The first-order valence-corrected chi connectivity index (χ1v) is 10.4. The summed E-state index contributed by atoms with van der Waals surface area (Å²) in [6, 6.07) is 5.88. The fraction of sp³-hybridized carbons (Fsp3) is 0.609. The molecule has 6 nitrogen and oxygen atoms in total. The van der Waals surface area contributed by atoms with Crippen LogP contribution in [0.1, 0.15) is 49.9 Å². The number of benzene rings is 1. The second-order valence-corrected chi connectivity index (χ2v) is 7.81. The minimum Gasteiger partial charge on any atom is -0.497 e. The SMILES string of the molecule is C=C(C)CCC(C)N1CCC(Oc2cc(OC)ccc2C(=O)NCCOC)CC1. The Balaban J connectivity index is 1.97. The molecule has 1 aliphatic rings. The lowest BCUT2D eigenvalue weighted by molar-refractivity contribution is 0.0754. The van der Waals surface area contributed by atoms with Gasteiger partial charge >= 0.3 is 0 Å². The number of methoxy groups -OCH3 is 2. The average Bonchev–Trinajstić information content (AvgIpc) is 2.72. The molecular formula is C23H36N2O4. The van der Waals surface area contributed by atoms with Crippen LogP contribution in [0.5, 0.6) is 11.5 Å². The average molecular weight is 405 g/mol. The Morgan fingerprint density at radius 2 is 2.03 bits per heavy atom. The Bertz CT molecular complexity index is 669. The Labute approximate surface area is 175 Å². The summed E-state index contributed by atoms with van der Waals surface area (Å²) in [6.07, 6.45) is 4.20. The summed E-state index contributed by atoms with van der Waals surface area (Å²) in [5, 5.41) is 2.86. The van der Waals surface area contributed by atoms with Crippen LogP contribution in [-0.4, -0.2) is 63.4 Å². The highest BCUT2D eigenvalue weighted by atomic mass is 16.5. The molecule has 1 unspecified atom stereocenters. The van der Waals surface area contributed by atoms with Crippen molar-refractivity contribution in [3.63, 3.8) is 0 Å². The number of ether oxygens (including phenoxy) is 3. The van der Waals surface area contributed by atoms with Crippen molar-refractivity contribution in [1.82, 2.24) is 10.2 Å². The summed E-state index contributed by atoms with van der Waals surface area (Å²) in [4.78, 5) is 15.1. The van der Waals surface area contributed by atoms with Gasteiger partial charge in [-0.2, -0.15) is 0 Å². The molecular weight excluding hydrogens is 368 g/mol. The van der Waals surface area contributed by atoms with Gasteiger partial charge in [0.25, 0.3) is 5.91 Å². The maximum absolute atomic E-state index is 12.5. The molecule has 1 saturated heterocycles. The van der Waals surface area contributed by atoms with Gasteiger partial charge in [-0.1, -0.05) is 5.57 Å². The lowest BCUT2D eigenvalue weighted by Gasteiger charge is -2.36. The van der Waals surface area contributed by atoms with Gasteiger partial charge < -0.3 is 24.4 Å². The fourth-order valence-corrected chi connectivity index (χ4v) is 3.53. The zero-order valence-corrected chi connectivity index (χ0v) is 18.3. The van der Waals surface area contributed by atoms with Crippen molar-refractivity contribution in [1.29, 1.82) is 0 Å². The summed E-state index contributed by atoms with van der Waals surface area (Å²) in [7, 11) is 3.22. The van der Waals surface area contributed by atoms with Crippen LogP contribution in [-0.2, 0) is 4.74 Å². The first-order valence-electron chi connectivity index (χ1n) is 10.4. The largest absolute Gasteiger partial charge is 0.497 e. The first kappa shape index (κ1) is 23.2. The number of hydrogen-bond acceptors (Lipinski definition) is 5. The summed E-state index contributed by atoms with van der Waals surface area (Å²) in [5.41, 5.74) is 1.77. The van der Waals surface area contributed by atoms with E-state index in [0.717, 1.165) is 38.8 Å². The molecule has 6 heteroatoms. The predicted molar refractivity (Wildman–Crippen MR) is 116 cm³/mol. The van der Waals surface area contributed by atoms with Crippen LogP contribution in [0.25, 0.3) is 0 Å². The second kappa shape index (κ2) is 11.8. The van der Waals surface area contributed by atoms with Gasteiger partial charge in [0.15, 0.2) is 0 Å². The van der Waals surface area contributed by atoms with E-state index in [1.807, 2.05) is 0 Å². The molecule has 29 heavy (non-hydrogen) atoms. The maximum atomic E-state index is 12.5. The lowest BCUT2D eigenvalue weighted by Crippen LogP contribution is -2.43. The van der Waals surface area contributed by atoms with Crippen LogP contribution in [0.3, 0.4) is 0 Å².